The van der Waals surface area contributed by atoms with Crippen LogP contribution in [0.4, 0.5) is 0 Å². The van der Waals surface area contributed by atoms with E-state index in [9.17, 15) is 0 Å². The third-order valence-electron chi connectivity index (χ3n) is 2.99. The van der Waals surface area contributed by atoms with E-state index in [2.05, 4.69) is 5.32 Å². The highest BCUT2D eigenvalue weighted by Crippen LogP contribution is 2.31. The number of halogens is 2. The summed E-state index contributed by atoms with van der Waals surface area (Å²) >= 11 is 12.2. The van der Waals surface area contributed by atoms with Crippen molar-refractivity contribution in [1.29, 1.82) is 0 Å². The van der Waals surface area contributed by atoms with Crippen molar-refractivity contribution in [2.24, 2.45) is 0 Å². The summed E-state index contributed by atoms with van der Waals surface area (Å²) in [6.07, 6.45) is 0. The average molecular weight is 296 g/mol. The Morgan fingerprint density at radius 2 is 1.89 bits per heavy atom. The Morgan fingerprint density at radius 1 is 1.11 bits per heavy atom. The van der Waals surface area contributed by atoms with Crippen molar-refractivity contribution >= 4 is 23.2 Å². The third-order valence-corrected chi connectivity index (χ3v) is 3.55. The van der Waals surface area contributed by atoms with Crippen molar-refractivity contribution in [3.8, 4) is 5.75 Å². The summed E-state index contributed by atoms with van der Waals surface area (Å²) in [5.41, 5.74) is 2.08. The van der Waals surface area contributed by atoms with Crippen LogP contribution < -0.4 is 10.1 Å². The Morgan fingerprint density at radius 3 is 2.53 bits per heavy atom. The van der Waals surface area contributed by atoms with E-state index in [1.54, 1.807) is 13.2 Å². The number of benzene rings is 2. The largest absolute Gasteiger partial charge is 0.497 e. The van der Waals surface area contributed by atoms with Crippen LogP contribution in [-0.4, -0.2) is 14.2 Å². The zero-order valence-corrected chi connectivity index (χ0v) is 12.3. The average Bonchev–Trinajstić information content (AvgIpc) is 2.42. The van der Waals surface area contributed by atoms with Crippen molar-refractivity contribution in [2.75, 3.05) is 14.2 Å². The topological polar surface area (TPSA) is 21.3 Å². The normalized spacial score (nSPS) is 12.2. The highest BCUT2D eigenvalue weighted by atomic mass is 35.5. The number of ether oxygens (including phenoxy) is 1. The van der Waals surface area contributed by atoms with E-state index in [1.807, 2.05) is 43.4 Å². The maximum Gasteiger partial charge on any atom is 0.119 e. The molecule has 0 aliphatic rings. The van der Waals surface area contributed by atoms with E-state index in [0.717, 1.165) is 16.9 Å². The number of nitrogens with one attached hydrogen (secondary N) is 1. The molecule has 0 saturated heterocycles. The lowest BCUT2D eigenvalue weighted by Crippen LogP contribution is -2.18. The molecular weight excluding hydrogens is 281 g/mol. The molecule has 1 unspecified atom stereocenters. The molecule has 0 aliphatic heterocycles. The fourth-order valence-electron chi connectivity index (χ4n) is 2.06. The Kier molecular flexibility index (Phi) is 4.70. The van der Waals surface area contributed by atoms with E-state index in [1.165, 1.54) is 0 Å². The molecule has 4 heteroatoms. The van der Waals surface area contributed by atoms with E-state index in [0.29, 0.717) is 10.0 Å². The van der Waals surface area contributed by atoms with Crippen LogP contribution in [0.3, 0.4) is 0 Å². The van der Waals surface area contributed by atoms with Crippen LogP contribution in [0.1, 0.15) is 17.2 Å². The van der Waals surface area contributed by atoms with Gasteiger partial charge in [0.05, 0.1) is 13.2 Å². The highest BCUT2D eigenvalue weighted by molar-refractivity contribution is 6.35. The molecule has 2 rings (SSSR count). The fraction of sp³-hybridized carbons (Fsp3) is 0.200. The molecule has 1 atom stereocenters. The van der Waals surface area contributed by atoms with Crippen LogP contribution in [0.25, 0.3) is 0 Å². The van der Waals surface area contributed by atoms with Gasteiger partial charge in [-0.2, -0.15) is 0 Å². The molecule has 19 heavy (non-hydrogen) atoms. The molecule has 1 N–H and O–H groups in total. The molecule has 100 valence electrons. The molecule has 2 aromatic rings. The van der Waals surface area contributed by atoms with Gasteiger partial charge in [-0.25, -0.2) is 0 Å². The maximum atomic E-state index is 6.27. The predicted molar refractivity (Wildman–Crippen MR) is 80.4 cm³/mol. The molecule has 0 spiro atoms. The first-order chi connectivity index (χ1) is 9.15. The van der Waals surface area contributed by atoms with Gasteiger partial charge < -0.3 is 10.1 Å². The van der Waals surface area contributed by atoms with Gasteiger partial charge in [0.15, 0.2) is 0 Å². The van der Waals surface area contributed by atoms with Gasteiger partial charge >= 0.3 is 0 Å². The summed E-state index contributed by atoms with van der Waals surface area (Å²) in [6.45, 7) is 0. The number of rotatable bonds is 4. The molecule has 0 bridgehead atoms. The second-order valence-corrected chi connectivity index (χ2v) is 5.01. The van der Waals surface area contributed by atoms with Gasteiger partial charge in [0.25, 0.3) is 0 Å². The molecule has 2 nitrogen and oxygen atoms in total. The second-order valence-electron chi connectivity index (χ2n) is 4.16. The lowest BCUT2D eigenvalue weighted by molar-refractivity contribution is 0.414. The van der Waals surface area contributed by atoms with Crippen LogP contribution >= 0.6 is 23.2 Å². The molecule has 0 aromatic heterocycles. The monoisotopic (exact) mass is 295 g/mol. The number of hydrogen-bond acceptors (Lipinski definition) is 2. The predicted octanol–water partition coefficient (Wildman–Crippen LogP) is 4.31. The van der Waals surface area contributed by atoms with Gasteiger partial charge in [-0.1, -0.05) is 41.4 Å². The maximum absolute atomic E-state index is 6.27. The van der Waals surface area contributed by atoms with Crippen LogP contribution in [-0.2, 0) is 0 Å². The minimum Gasteiger partial charge on any atom is -0.497 e. The third kappa shape index (κ3) is 3.21. The molecule has 0 heterocycles. The van der Waals surface area contributed by atoms with Crippen LogP contribution in [0.2, 0.25) is 10.0 Å². The van der Waals surface area contributed by atoms with E-state index in [-0.39, 0.29) is 6.04 Å². The lowest BCUT2D eigenvalue weighted by atomic mass is 9.98. The SMILES string of the molecule is CNC(c1cccc(OC)c1)c1ccc(Cl)cc1Cl. The van der Waals surface area contributed by atoms with Gasteiger partial charge in [-0.15, -0.1) is 0 Å². The first-order valence-electron chi connectivity index (χ1n) is 5.92. The summed E-state index contributed by atoms with van der Waals surface area (Å²) in [6, 6.07) is 13.4. The van der Waals surface area contributed by atoms with E-state index >= 15 is 0 Å². The van der Waals surface area contributed by atoms with E-state index < -0.39 is 0 Å². The fourth-order valence-corrected chi connectivity index (χ4v) is 2.58. The van der Waals surface area contributed by atoms with Crippen molar-refractivity contribution in [2.45, 2.75) is 6.04 Å². The Labute approximate surface area is 123 Å². The molecule has 0 fully saturated rings. The number of methoxy groups -OCH3 is 1. The van der Waals surface area contributed by atoms with Gasteiger partial charge in [0.1, 0.15) is 5.75 Å². The van der Waals surface area contributed by atoms with Gasteiger partial charge in [-0.05, 0) is 42.4 Å². The molecule has 0 aliphatic carbocycles. The van der Waals surface area contributed by atoms with E-state index in [4.69, 9.17) is 27.9 Å². The van der Waals surface area contributed by atoms with Gasteiger partial charge in [0, 0.05) is 10.0 Å². The Balaban J connectivity index is 2.43. The highest BCUT2D eigenvalue weighted by Gasteiger charge is 2.15. The van der Waals surface area contributed by atoms with Gasteiger partial charge in [-0.3, -0.25) is 0 Å². The van der Waals surface area contributed by atoms with Crippen molar-refractivity contribution in [1.82, 2.24) is 5.32 Å². The van der Waals surface area contributed by atoms with Gasteiger partial charge in [0.2, 0.25) is 0 Å². The van der Waals surface area contributed by atoms with Crippen molar-refractivity contribution < 1.29 is 4.74 Å². The summed E-state index contributed by atoms with van der Waals surface area (Å²) < 4.78 is 5.25. The zero-order chi connectivity index (χ0) is 13.8. The molecule has 2 aromatic carbocycles. The summed E-state index contributed by atoms with van der Waals surface area (Å²) in [4.78, 5) is 0. The first-order valence-corrected chi connectivity index (χ1v) is 6.67. The van der Waals surface area contributed by atoms with Crippen LogP contribution in [0.15, 0.2) is 42.5 Å². The molecule has 0 radical (unpaired) electrons. The standard InChI is InChI=1S/C15H15Cl2NO/c1-18-15(10-4-3-5-12(8-10)19-2)13-7-6-11(16)9-14(13)17/h3-9,15,18H,1-2H3. The van der Waals surface area contributed by atoms with Crippen LogP contribution in [0, 0.1) is 0 Å². The molecular formula is C15H15Cl2NO. The minimum absolute atomic E-state index is 0.000123. The quantitative estimate of drug-likeness (QED) is 0.907. The lowest BCUT2D eigenvalue weighted by Gasteiger charge is -2.19. The minimum atomic E-state index is -0.000123. The zero-order valence-electron chi connectivity index (χ0n) is 10.8. The molecule has 0 amide bonds. The van der Waals surface area contributed by atoms with Crippen molar-refractivity contribution in [3.05, 3.63) is 63.6 Å². The second kappa shape index (κ2) is 6.29. The Hall–Kier alpha value is -1.22. The smallest absolute Gasteiger partial charge is 0.119 e. The van der Waals surface area contributed by atoms with Crippen LogP contribution in [0.5, 0.6) is 5.75 Å². The molecule has 0 saturated carbocycles. The number of hydrogen-bond donors (Lipinski definition) is 1. The van der Waals surface area contributed by atoms with Crippen molar-refractivity contribution in [3.63, 3.8) is 0 Å². The summed E-state index contributed by atoms with van der Waals surface area (Å²) in [5, 5.41) is 4.54. The Bertz CT molecular complexity index is 572. The first kappa shape index (κ1) is 14.2. The summed E-state index contributed by atoms with van der Waals surface area (Å²) in [5.74, 6) is 0.822. The summed E-state index contributed by atoms with van der Waals surface area (Å²) in [7, 11) is 3.55.